The quantitative estimate of drug-likeness (QED) is 0.115. The molecule has 0 aliphatic carbocycles. The van der Waals surface area contributed by atoms with Gasteiger partial charge in [-0.2, -0.15) is 9.29 Å². The molecule has 0 aromatic carbocycles. The number of H-pyrrole nitrogens is 1. The molecule has 2 unspecified atom stereocenters. The minimum atomic E-state index is -5.41. The highest BCUT2D eigenvalue weighted by molar-refractivity contribution is 7.61. The Kier molecular flexibility index (Phi) is 11.3. The molecule has 2 saturated heterocycles. The van der Waals surface area contributed by atoms with Gasteiger partial charge in [-0.1, -0.05) is 0 Å². The molecule has 236 valence electrons. The Labute approximate surface area is 228 Å². The molecular formula is C16H31N7O16P2. The number of aliphatic hydroxyl groups excluding tert-OH is 6. The molecule has 25 heteroatoms. The first-order valence-corrected chi connectivity index (χ1v) is 13.9. The lowest BCUT2D eigenvalue weighted by molar-refractivity contribution is -0.285. The van der Waals surface area contributed by atoms with E-state index < -0.39 is 89.7 Å². The molecule has 2 aromatic heterocycles. The van der Waals surface area contributed by atoms with Crippen molar-refractivity contribution in [3.05, 3.63) is 16.7 Å². The van der Waals surface area contributed by atoms with E-state index in [1.54, 1.807) is 0 Å². The van der Waals surface area contributed by atoms with Crippen molar-refractivity contribution in [1.82, 2.24) is 31.8 Å². The van der Waals surface area contributed by atoms with Crippen molar-refractivity contribution < 1.29 is 72.4 Å². The number of nitrogens with two attached hydrogens (primary N) is 1. The maximum absolute atomic E-state index is 12.2. The largest absolute Gasteiger partial charge is 0.481 e. The minimum absolute atomic E-state index is 0. The van der Waals surface area contributed by atoms with Gasteiger partial charge >= 0.3 is 15.6 Å². The van der Waals surface area contributed by atoms with Crippen LogP contribution in [0, 0.1) is 0 Å². The predicted molar refractivity (Wildman–Crippen MR) is 130 cm³/mol. The fourth-order valence-electron chi connectivity index (χ4n) is 3.81. The highest BCUT2D eigenvalue weighted by atomic mass is 31.3. The van der Waals surface area contributed by atoms with Crippen LogP contribution in [0.15, 0.2) is 11.1 Å². The number of aromatic nitrogens is 4. The Morgan fingerprint density at radius 3 is 2.02 bits per heavy atom. The molecule has 41 heavy (non-hydrogen) atoms. The number of anilines is 1. The van der Waals surface area contributed by atoms with Crippen molar-refractivity contribution in [1.29, 1.82) is 0 Å². The van der Waals surface area contributed by atoms with Crippen LogP contribution in [-0.2, 0) is 32.0 Å². The number of ether oxygens (including phenoxy) is 2. The smallest absolute Gasteiger partial charge is 0.387 e. The van der Waals surface area contributed by atoms with E-state index in [1.807, 2.05) is 0 Å². The van der Waals surface area contributed by atoms with E-state index in [1.165, 1.54) is 0 Å². The first-order valence-electron chi connectivity index (χ1n) is 10.9. The molecule has 2 aliphatic rings. The third-order valence-corrected chi connectivity index (χ3v) is 8.36. The summed E-state index contributed by atoms with van der Waals surface area (Å²) in [7, 11) is -10.8. The number of phosphoric acid groups is 2. The third kappa shape index (κ3) is 7.51. The molecule has 2 fully saturated rings. The number of aromatic amines is 1. The van der Waals surface area contributed by atoms with E-state index in [9.17, 15) is 54.4 Å². The Morgan fingerprint density at radius 1 is 0.902 bits per heavy atom. The average molecular weight is 639 g/mol. The number of aliphatic hydroxyl groups is 6. The summed E-state index contributed by atoms with van der Waals surface area (Å²) in [5, 5.41) is 59.1. The molecule has 0 bridgehead atoms. The van der Waals surface area contributed by atoms with E-state index in [2.05, 4.69) is 28.3 Å². The molecule has 2 aromatic rings. The van der Waals surface area contributed by atoms with E-state index >= 15 is 0 Å². The van der Waals surface area contributed by atoms with Crippen LogP contribution in [0.25, 0.3) is 11.2 Å². The fourth-order valence-corrected chi connectivity index (χ4v) is 5.90. The SMILES string of the molecule is N.N.Nc1nc2c(ncn2[C@@H]2O[C@H](COP(=O)(O)OP(=O)(O)OC[C@H]3O[C@@H](O)[C@H](O)[C@@H](O)[C@@H]3O)[C@@H](O)[C@H]2O)c(=O)[nH]1. The third-order valence-electron chi connectivity index (χ3n) is 5.76. The number of hydrogen-bond donors (Lipinski definition) is 12. The summed E-state index contributed by atoms with van der Waals surface area (Å²) in [6, 6.07) is 0. The number of rotatable bonds is 9. The Hall–Kier alpha value is -1.99. The molecule has 23 nitrogen and oxygen atoms in total. The van der Waals surface area contributed by atoms with Gasteiger partial charge in [-0.05, 0) is 0 Å². The average Bonchev–Trinajstić information content (AvgIpc) is 3.38. The van der Waals surface area contributed by atoms with Gasteiger partial charge in [-0.25, -0.2) is 14.1 Å². The van der Waals surface area contributed by atoms with Gasteiger partial charge in [0.25, 0.3) is 5.56 Å². The predicted octanol–water partition coefficient (Wildman–Crippen LogP) is -4.30. The Morgan fingerprint density at radius 2 is 1.44 bits per heavy atom. The van der Waals surface area contributed by atoms with Gasteiger partial charge in [0, 0.05) is 0 Å². The monoisotopic (exact) mass is 639 g/mol. The zero-order chi connectivity index (χ0) is 28.9. The summed E-state index contributed by atoms with van der Waals surface area (Å²) >= 11 is 0. The van der Waals surface area contributed by atoms with Crippen LogP contribution in [0.1, 0.15) is 6.23 Å². The number of nitrogens with zero attached hydrogens (tertiary/aromatic N) is 3. The van der Waals surface area contributed by atoms with E-state index in [0.717, 1.165) is 10.9 Å². The topological polar surface area (TPSA) is 402 Å². The molecule has 17 N–H and O–H groups in total. The lowest BCUT2D eigenvalue weighted by Crippen LogP contribution is -2.58. The number of nitrogen functional groups attached to an aromatic ring is 1. The summed E-state index contributed by atoms with van der Waals surface area (Å²) < 4.78 is 48.8. The summed E-state index contributed by atoms with van der Waals surface area (Å²) in [5.74, 6) is -0.273. The molecule has 0 amide bonds. The molecule has 0 saturated carbocycles. The van der Waals surface area contributed by atoms with E-state index in [4.69, 9.17) is 15.2 Å². The molecule has 4 rings (SSSR count). The molecule has 2 aliphatic heterocycles. The first-order chi connectivity index (χ1) is 18.1. The standard InChI is InChI=1S/C16H25N5O16P2.2H3N/c17-16-19-12-6(13(27)20-16)18-3-21(12)14-10(25)8(23)4(35-14)1-33-38(29,30)37-39(31,32)34-2-5-7(22)9(24)11(26)15(28)36-5;;/h3-5,7-11,14-15,22-26,28H,1-2H2,(H,29,30)(H,31,32)(H3,17,19,20,27);2*1H3/t4-,5-,7-,8-,9+,10-,11-,14-,15-;;/m1../s1. The Balaban J connectivity index is 0.00000294. The van der Waals surface area contributed by atoms with Crippen LogP contribution in [0.2, 0.25) is 0 Å². The second kappa shape index (κ2) is 13.1. The van der Waals surface area contributed by atoms with Gasteiger partial charge in [0.2, 0.25) is 5.95 Å². The van der Waals surface area contributed by atoms with Crippen molar-refractivity contribution >= 4 is 32.8 Å². The number of fused-ring (bicyclic) bond motifs is 1. The zero-order valence-electron chi connectivity index (χ0n) is 20.8. The van der Waals surface area contributed by atoms with Crippen LogP contribution in [0.4, 0.5) is 5.95 Å². The molecule has 11 atom stereocenters. The first kappa shape index (κ1) is 35.2. The normalized spacial score (nSPS) is 34.8. The highest BCUT2D eigenvalue weighted by Gasteiger charge is 2.47. The number of imidazole rings is 1. The molecule has 0 radical (unpaired) electrons. The summed E-state index contributed by atoms with van der Waals surface area (Å²) in [6.45, 7) is -2.01. The van der Waals surface area contributed by atoms with Crippen molar-refractivity contribution in [3.63, 3.8) is 0 Å². The van der Waals surface area contributed by atoms with Crippen molar-refractivity contribution in [2.75, 3.05) is 18.9 Å². The van der Waals surface area contributed by atoms with E-state index in [0.29, 0.717) is 0 Å². The summed E-state index contributed by atoms with van der Waals surface area (Å²) in [5.41, 5.74) is 4.56. The lowest BCUT2D eigenvalue weighted by atomic mass is 10.00. The van der Waals surface area contributed by atoms with Gasteiger partial charge in [0.15, 0.2) is 23.7 Å². The van der Waals surface area contributed by atoms with Gasteiger partial charge < -0.3 is 67.9 Å². The van der Waals surface area contributed by atoms with Crippen molar-refractivity contribution in [3.8, 4) is 0 Å². The second-order valence-electron chi connectivity index (χ2n) is 8.47. The Bertz CT molecular complexity index is 1340. The van der Waals surface area contributed by atoms with Crippen molar-refractivity contribution in [2.24, 2.45) is 0 Å². The van der Waals surface area contributed by atoms with Gasteiger partial charge in [-0.3, -0.25) is 23.4 Å². The van der Waals surface area contributed by atoms with Gasteiger partial charge in [-0.15, -0.1) is 0 Å². The van der Waals surface area contributed by atoms with Crippen LogP contribution < -0.4 is 23.6 Å². The van der Waals surface area contributed by atoms with Crippen LogP contribution >= 0.6 is 15.6 Å². The van der Waals surface area contributed by atoms with Crippen LogP contribution in [0.5, 0.6) is 0 Å². The summed E-state index contributed by atoms with van der Waals surface area (Å²) in [6.07, 6.45) is -14.6. The molecule has 4 heterocycles. The number of nitrogens with one attached hydrogen (secondary N) is 1. The van der Waals surface area contributed by atoms with Crippen LogP contribution in [-0.4, -0.2) is 122 Å². The number of phosphoric ester groups is 2. The highest BCUT2D eigenvalue weighted by Crippen LogP contribution is 2.60. The zero-order valence-corrected chi connectivity index (χ0v) is 22.5. The lowest BCUT2D eigenvalue weighted by Gasteiger charge is -2.38. The number of hydrogen-bond acceptors (Lipinski definition) is 19. The molecular weight excluding hydrogens is 608 g/mol. The van der Waals surface area contributed by atoms with Crippen LogP contribution in [0.3, 0.4) is 0 Å². The fraction of sp³-hybridized carbons (Fsp3) is 0.688. The van der Waals surface area contributed by atoms with Crippen molar-refractivity contribution in [2.45, 2.75) is 55.2 Å². The molecule has 0 spiro atoms. The van der Waals surface area contributed by atoms with Gasteiger partial charge in [0.1, 0.15) is 42.7 Å². The minimum Gasteiger partial charge on any atom is -0.387 e. The maximum atomic E-state index is 12.2. The van der Waals surface area contributed by atoms with Gasteiger partial charge in [0.05, 0.1) is 19.5 Å². The van der Waals surface area contributed by atoms with E-state index in [-0.39, 0.29) is 29.4 Å². The second-order valence-corrected chi connectivity index (χ2v) is 11.5. The summed E-state index contributed by atoms with van der Waals surface area (Å²) in [4.78, 5) is 41.5. The maximum Gasteiger partial charge on any atom is 0.481 e.